The fourth-order valence-corrected chi connectivity index (χ4v) is 7.38. The van der Waals surface area contributed by atoms with E-state index in [9.17, 15) is 19.8 Å². The molecule has 6 rings (SSSR count). The van der Waals surface area contributed by atoms with Gasteiger partial charge in [-0.25, -0.2) is 0 Å². The Kier molecular flexibility index (Phi) is 10.00. The molecular weight excluding hydrogens is 670 g/mol. The highest BCUT2D eigenvalue weighted by Gasteiger charge is 2.48. The molecule has 0 radical (unpaired) electrons. The maximum Gasteiger partial charge on any atom is 0.301 e. The summed E-state index contributed by atoms with van der Waals surface area (Å²) in [4.78, 5) is 28.6. The minimum atomic E-state index is -1.09. The van der Waals surface area contributed by atoms with Crippen molar-refractivity contribution >= 4 is 57.3 Å². The van der Waals surface area contributed by atoms with Crippen LogP contribution in [-0.2, 0) is 21.9 Å². The molecule has 0 bridgehead atoms. The smallest absolute Gasteiger partial charge is 0.301 e. The van der Waals surface area contributed by atoms with Crippen molar-refractivity contribution in [2.45, 2.75) is 36.6 Å². The molecule has 4 aromatic carbocycles. The molecule has 1 aromatic heterocycles. The molecular formula is C36H30ClN3O6S2. The lowest BCUT2D eigenvalue weighted by Gasteiger charge is -2.23. The van der Waals surface area contributed by atoms with Gasteiger partial charge in [0, 0.05) is 16.3 Å². The Morgan fingerprint density at radius 2 is 1.69 bits per heavy atom. The maximum atomic E-state index is 13.7. The Labute approximate surface area is 290 Å². The number of carbonyl (C=O) groups is 2. The van der Waals surface area contributed by atoms with Gasteiger partial charge in [-0.05, 0) is 78.6 Å². The summed E-state index contributed by atoms with van der Waals surface area (Å²) in [5.41, 5.74) is 3.68. The molecule has 1 aliphatic rings. The first-order valence-electron chi connectivity index (χ1n) is 15.0. The van der Waals surface area contributed by atoms with E-state index in [0.717, 1.165) is 28.0 Å². The lowest BCUT2D eigenvalue weighted by molar-refractivity contribution is -0.132. The number of hydrogen-bond donors (Lipinski definition) is 2. The van der Waals surface area contributed by atoms with Crippen molar-refractivity contribution in [3.8, 4) is 17.2 Å². The van der Waals surface area contributed by atoms with Crippen LogP contribution in [0.1, 0.15) is 40.8 Å². The molecule has 9 nitrogen and oxygen atoms in total. The van der Waals surface area contributed by atoms with Crippen LogP contribution in [0.3, 0.4) is 0 Å². The summed E-state index contributed by atoms with van der Waals surface area (Å²) in [6.45, 7) is 4.43. The van der Waals surface area contributed by atoms with Gasteiger partial charge in [0.1, 0.15) is 18.1 Å². The number of amides is 1. The number of aromatic hydroxyl groups is 1. The molecule has 12 heteroatoms. The number of benzene rings is 4. The Bertz CT molecular complexity index is 2010. The fourth-order valence-electron chi connectivity index (χ4n) is 5.23. The number of nitrogens with zero attached hydrogens (tertiary/aromatic N) is 3. The second kappa shape index (κ2) is 14.5. The number of carbonyl (C=O) groups excluding carboxylic acids is 2. The lowest BCUT2D eigenvalue weighted by atomic mass is 9.95. The predicted octanol–water partition coefficient (Wildman–Crippen LogP) is 8.10. The summed E-state index contributed by atoms with van der Waals surface area (Å²) in [6, 6.07) is 25.5. The average molecular weight is 700 g/mol. The van der Waals surface area contributed by atoms with E-state index in [-0.39, 0.29) is 34.6 Å². The molecule has 2 N–H and O–H groups in total. The Morgan fingerprint density at radius 3 is 2.42 bits per heavy atom. The summed E-state index contributed by atoms with van der Waals surface area (Å²) in [6.07, 6.45) is 0. The number of ether oxygens (including phenoxy) is 2. The van der Waals surface area contributed by atoms with Crippen LogP contribution in [-0.4, -0.2) is 38.7 Å². The Morgan fingerprint density at radius 1 is 0.958 bits per heavy atom. The van der Waals surface area contributed by atoms with Gasteiger partial charge in [0.05, 0.1) is 18.2 Å². The van der Waals surface area contributed by atoms with Crippen molar-refractivity contribution in [2.24, 2.45) is 0 Å². The monoisotopic (exact) mass is 699 g/mol. The summed E-state index contributed by atoms with van der Waals surface area (Å²) < 4.78 is 12.1. The first kappa shape index (κ1) is 33.1. The normalized spacial score (nSPS) is 15.6. The first-order valence-corrected chi connectivity index (χ1v) is 17.2. The van der Waals surface area contributed by atoms with Crippen molar-refractivity contribution in [1.29, 1.82) is 0 Å². The Hall–Kier alpha value is -4.84. The van der Waals surface area contributed by atoms with E-state index in [1.165, 1.54) is 22.7 Å². The second-order valence-corrected chi connectivity index (χ2v) is 13.4. The van der Waals surface area contributed by atoms with Gasteiger partial charge in [-0.15, -0.1) is 10.2 Å². The van der Waals surface area contributed by atoms with E-state index in [4.69, 9.17) is 21.1 Å². The first-order chi connectivity index (χ1) is 23.2. The molecule has 0 spiro atoms. The van der Waals surface area contributed by atoms with Gasteiger partial charge in [-0.1, -0.05) is 83.2 Å². The van der Waals surface area contributed by atoms with Crippen LogP contribution in [0.25, 0.3) is 5.76 Å². The van der Waals surface area contributed by atoms with E-state index in [0.29, 0.717) is 38.6 Å². The number of halogens is 1. The molecule has 1 fully saturated rings. The number of Topliss-reactive ketones (excluding diaryl/α,β-unsaturated/α-hetero) is 1. The highest BCUT2D eigenvalue weighted by Crippen LogP contribution is 2.45. The third kappa shape index (κ3) is 6.89. The van der Waals surface area contributed by atoms with Crippen LogP contribution in [0.5, 0.6) is 17.2 Å². The van der Waals surface area contributed by atoms with E-state index in [2.05, 4.69) is 10.2 Å². The molecule has 1 atom stereocenters. The number of ketones is 1. The highest BCUT2D eigenvalue weighted by molar-refractivity contribution is 8.00. The fraction of sp³-hybridized carbons (Fsp3) is 0.167. The molecule has 0 aliphatic carbocycles. The van der Waals surface area contributed by atoms with Gasteiger partial charge in [-0.3, -0.25) is 14.5 Å². The number of phenolic OH excluding ortho intramolecular Hbond substituents is 1. The topological polar surface area (TPSA) is 122 Å². The number of aliphatic hydroxyl groups is 1. The third-order valence-corrected chi connectivity index (χ3v) is 10.2. The van der Waals surface area contributed by atoms with Crippen LogP contribution >= 0.6 is 34.7 Å². The van der Waals surface area contributed by atoms with Gasteiger partial charge < -0.3 is 19.7 Å². The van der Waals surface area contributed by atoms with E-state index in [1.807, 2.05) is 55.5 Å². The van der Waals surface area contributed by atoms with Crippen LogP contribution in [0.4, 0.5) is 5.13 Å². The van der Waals surface area contributed by atoms with Gasteiger partial charge in [-0.2, -0.15) is 0 Å². The molecule has 1 aliphatic heterocycles. The summed E-state index contributed by atoms with van der Waals surface area (Å²) >= 11 is 8.86. The molecule has 1 unspecified atom stereocenters. The standard InChI is InChI=1S/C36H30ClN3O6S2/c1-3-45-29-18-23(14-17-28(29)41)31-30(32(42)22-12-15-26(16-13-22)46-19-24-9-5-4-8-21(24)2)33(43)34(44)40(31)35-38-39-36(48-35)47-20-25-10-6-7-11-27(25)37/h4-18,31,41-42H,3,19-20H2,1-2H3/b32-30+. The zero-order valence-corrected chi connectivity index (χ0v) is 28.3. The average Bonchev–Trinajstić information content (AvgIpc) is 3.66. The van der Waals surface area contributed by atoms with Crippen molar-refractivity contribution < 1.29 is 29.3 Å². The number of rotatable bonds is 11. The minimum absolute atomic E-state index is 0.104. The quantitative estimate of drug-likeness (QED) is 0.0463. The van der Waals surface area contributed by atoms with Gasteiger partial charge in [0.2, 0.25) is 5.13 Å². The summed E-state index contributed by atoms with van der Waals surface area (Å²) in [5, 5.41) is 31.4. The van der Waals surface area contributed by atoms with Crippen LogP contribution in [0.15, 0.2) is 101 Å². The minimum Gasteiger partial charge on any atom is -0.507 e. The van der Waals surface area contributed by atoms with Crippen molar-refractivity contribution in [1.82, 2.24) is 10.2 Å². The van der Waals surface area contributed by atoms with E-state index >= 15 is 0 Å². The van der Waals surface area contributed by atoms with Crippen molar-refractivity contribution in [2.75, 3.05) is 11.5 Å². The largest absolute Gasteiger partial charge is 0.507 e. The van der Waals surface area contributed by atoms with Crippen LogP contribution in [0.2, 0.25) is 5.02 Å². The predicted molar refractivity (Wildman–Crippen MR) is 187 cm³/mol. The number of anilines is 1. The van der Waals surface area contributed by atoms with E-state index < -0.39 is 17.7 Å². The van der Waals surface area contributed by atoms with Crippen molar-refractivity contribution in [3.63, 3.8) is 0 Å². The van der Waals surface area contributed by atoms with Gasteiger partial charge in [0.15, 0.2) is 15.8 Å². The summed E-state index contributed by atoms with van der Waals surface area (Å²) in [7, 11) is 0. The second-order valence-electron chi connectivity index (χ2n) is 10.8. The van der Waals surface area contributed by atoms with Crippen LogP contribution < -0.4 is 14.4 Å². The van der Waals surface area contributed by atoms with E-state index in [1.54, 1.807) is 43.3 Å². The SMILES string of the molecule is CCOc1cc(C2/C(=C(\O)c3ccc(OCc4ccccc4C)cc3)C(=O)C(=O)N2c2nnc(SCc3ccccc3Cl)s2)ccc1O. The molecule has 0 saturated carbocycles. The number of hydrogen-bond acceptors (Lipinski definition) is 10. The van der Waals surface area contributed by atoms with Gasteiger partial charge in [0.25, 0.3) is 5.78 Å². The third-order valence-electron chi connectivity index (χ3n) is 7.74. The lowest BCUT2D eigenvalue weighted by Crippen LogP contribution is -2.29. The number of aliphatic hydroxyl groups excluding tert-OH is 1. The summed E-state index contributed by atoms with van der Waals surface area (Å²) in [5.74, 6) is -0.959. The Balaban J connectivity index is 1.34. The molecule has 1 saturated heterocycles. The van der Waals surface area contributed by atoms with Gasteiger partial charge >= 0.3 is 5.91 Å². The zero-order valence-electron chi connectivity index (χ0n) is 25.9. The maximum absolute atomic E-state index is 13.7. The molecule has 2 heterocycles. The molecule has 1 amide bonds. The highest BCUT2D eigenvalue weighted by atomic mass is 35.5. The van der Waals surface area contributed by atoms with Crippen LogP contribution in [0, 0.1) is 6.92 Å². The molecule has 48 heavy (non-hydrogen) atoms. The number of aryl methyl sites for hydroxylation is 1. The number of thioether (sulfide) groups is 1. The molecule has 244 valence electrons. The zero-order chi connectivity index (χ0) is 33.8. The number of aromatic nitrogens is 2. The van der Waals surface area contributed by atoms with Crippen molar-refractivity contribution in [3.05, 3.63) is 129 Å². The number of phenols is 1. The molecule has 5 aromatic rings.